The van der Waals surface area contributed by atoms with Gasteiger partial charge >= 0.3 is 0 Å². The standard InChI is InChI=1S/C13H15BrF2N2OS/c14-9-7-10(15)12(11(16)8-9)13(19)17-1-2-18-3-5-20-6-4-18/h7-8H,1-6H2,(H,17,19). The van der Waals surface area contributed by atoms with Gasteiger partial charge in [0.25, 0.3) is 5.91 Å². The van der Waals surface area contributed by atoms with E-state index in [-0.39, 0.29) is 4.47 Å². The van der Waals surface area contributed by atoms with Gasteiger partial charge in [0.2, 0.25) is 0 Å². The normalized spacial score (nSPS) is 16.1. The van der Waals surface area contributed by atoms with E-state index < -0.39 is 23.1 Å². The number of rotatable bonds is 4. The summed E-state index contributed by atoms with van der Waals surface area (Å²) in [6.07, 6.45) is 0. The highest BCUT2D eigenvalue weighted by atomic mass is 79.9. The number of nitrogens with one attached hydrogen (secondary N) is 1. The lowest BCUT2D eigenvalue weighted by Crippen LogP contribution is -2.39. The molecule has 0 atom stereocenters. The fourth-order valence-electron chi connectivity index (χ4n) is 2.00. The van der Waals surface area contributed by atoms with Gasteiger partial charge in [0.15, 0.2) is 0 Å². The topological polar surface area (TPSA) is 32.3 Å². The molecule has 110 valence electrons. The Bertz CT molecular complexity index is 472. The van der Waals surface area contributed by atoms with Gasteiger partial charge in [-0.05, 0) is 12.1 Å². The minimum Gasteiger partial charge on any atom is -0.351 e. The molecule has 1 aromatic rings. The lowest BCUT2D eigenvalue weighted by atomic mass is 10.2. The smallest absolute Gasteiger partial charge is 0.257 e. The van der Waals surface area contributed by atoms with Gasteiger partial charge in [-0.3, -0.25) is 9.69 Å². The minimum atomic E-state index is -0.858. The summed E-state index contributed by atoms with van der Waals surface area (Å²) in [6.45, 7) is 3.06. The van der Waals surface area contributed by atoms with E-state index in [1.807, 2.05) is 11.8 Å². The van der Waals surface area contributed by atoms with E-state index in [1.165, 1.54) is 0 Å². The molecule has 1 saturated heterocycles. The van der Waals surface area contributed by atoms with Gasteiger partial charge < -0.3 is 5.32 Å². The third kappa shape index (κ3) is 4.17. The Morgan fingerprint density at radius 1 is 1.30 bits per heavy atom. The van der Waals surface area contributed by atoms with Crippen LogP contribution in [0.1, 0.15) is 10.4 Å². The van der Waals surface area contributed by atoms with Gasteiger partial charge in [0.05, 0.1) is 0 Å². The molecule has 0 bridgehead atoms. The third-order valence-electron chi connectivity index (χ3n) is 3.05. The third-order valence-corrected chi connectivity index (χ3v) is 4.45. The predicted octanol–water partition coefficient (Wildman–Crippen LogP) is 2.51. The summed E-state index contributed by atoms with van der Waals surface area (Å²) in [5.74, 6) is -0.250. The Labute approximate surface area is 129 Å². The number of nitrogens with zero attached hydrogens (tertiary/aromatic N) is 1. The van der Waals surface area contributed by atoms with Gasteiger partial charge in [0, 0.05) is 42.2 Å². The van der Waals surface area contributed by atoms with Crippen molar-refractivity contribution in [1.82, 2.24) is 10.2 Å². The number of thioether (sulfide) groups is 1. The van der Waals surface area contributed by atoms with Crippen LogP contribution in [0.2, 0.25) is 0 Å². The molecule has 0 unspecified atom stereocenters. The van der Waals surface area contributed by atoms with Gasteiger partial charge in [0.1, 0.15) is 17.2 Å². The van der Waals surface area contributed by atoms with Crippen LogP contribution < -0.4 is 5.32 Å². The summed E-state index contributed by atoms with van der Waals surface area (Å²) in [7, 11) is 0. The van der Waals surface area contributed by atoms with Gasteiger partial charge in [-0.2, -0.15) is 11.8 Å². The van der Waals surface area contributed by atoms with E-state index in [4.69, 9.17) is 0 Å². The van der Waals surface area contributed by atoms with Crippen molar-refractivity contribution in [2.24, 2.45) is 0 Å². The quantitative estimate of drug-likeness (QED) is 0.890. The zero-order valence-electron chi connectivity index (χ0n) is 10.8. The number of benzene rings is 1. The molecule has 1 fully saturated rings. The van der Waals surface area contributed by atoms with E-state index in [2.05, 4.69) is 26.1 Å². The van der Waals surface area contributed by atoms with Crippen molar-refractivity contribution in [3.8, 4) is 0 Å². The van der Waals surface area contributed by atoms with Crippen LogP contribution in [0.25, 0.3) is 0 Å². The zero-order valence-corrected chi connectivity index (χ0v) is 13.2. The molecule has 7 heteroatoms. The molecule has 1 aliphatic rings. The van der Waals surface area contributed by atoms with Crippen molar-refractivity contribution in [2.75, 3.05) is 37.7 Å². The van der Waals surface area contributed by atoms with Crippen LogP contribution in [0.5, 0.6) is 0 Å². The molecule has 2 rings (SSSR count). The summed E-state index contributed by atoms with van der Waals surface area (Å²) in [6, 6.07) is 2.17. The SMILES string of the molecule is O=C(NCCN1CCSCC1)c1c(F)cc(Br)cc1F. The first-order chi connectivity index (χ1) is 9.58. The van der Waals surface area contributed by atoms with E-state index in [1.54, 1.807) is 0 Å². The fraction of sp³-hybridized carbons (Fsp3) is 0.462. The molecule has 1 N–H and O–H groups in total. The average molecular weight is 365 g/mol. The maximum atomic E-state index is 13.6. The lowest BCUT2D eigenvalue weighted by molar-refractivity contribution is 0.0940. The molecule has 0 saturated carbocycles. The van der Waals surface area contributed by atoms with Crippen molar-refractivity contribution in [2.45, 2.75) is 0 Å². The summed E-state index contributed by atoms with van der Waals surface area (Å²) < 4.78 is 27.5. The average Bonchev–Trinajstić information content (AvgIpc) is 2.38. The Kier molecular flexibility index (Phi) is 5.80. The number of hydrogen-bond acceptors (Lipinski definition) is 3. The van der Waals surface area contributed by atoms with Gasteiger partial charge in [-0.1, -0.05) is 15.9 Å². The van der Waals surface area contributed by atoms with Crippen molar-refractivity contribution < 1.29 is 13.6 Å². The molecule has 3 nitrogen and oxygen atoms in total. The van der Waals surface area contributed by atoms with Crippen LogP contribution in [0.4, 0.5) is 8.78 Å². The first-order valence-corrected chi connectivity index (χ1v) is 8.25. The highest BCUT2D eigenvalue weighted by Crippen LogP contribution is 2.19. The molecule has 20 heavy (non-hydrogen) atoms. The molecule has 0 radical (unpaired) electrons. The van der Waals surface area contributed by atoms with E-state index >= 15 is 0 Å². The number of halogens is 3. The Morgan fingerprint density at radius 3 is 2.50 bits per heavy atom. The summed E-state index contributed by atoms with van der Waals surface area (Å²) in [5.41, 5.74) is -0.526. The van der Waals surface area contributed by atoms with Crippen LogP contribution >= 0.6 is 27.7 Å². The Hall–Kier alpha value is -0.660. The van der Waals surface area contributed by atoms with Crippen molar-refractivity contribution in [1.29, 1.82) is 0 Å². The van der Waals surface area contributed by atoms with E-state index in [0.717, 1.165) is 36.7 Å². The van der Waals surface area contributed by atoms with Crippen LogP contribution in [0.3, 0.4) is 0 Å². The highest BCUT2D eigenvalue weighted by molar-refractivity contribution is 9.10. The Balaban J connectivity index is 1.88. The fourth-order valence-corrected chi connectivity index (χ4v) is 3.38. The van der Waals surface area contributed by atoms with Gasteiger partial charge in [-0.15, -0.1) is 0 Å². The second kappa shape index (κ2) is 7.38. The zero-order chi connectivity index (χ0) is 14.5. The molecular weight excluding hydrogens is 350 g/mol. The number of carbonyl (C=O) groups excluding carboxylic acids is 1. The number of carbonyl (C=O) groups is 1. The van der Waals surface area contributed by atoms with E-state index in [0.29, 0.717) is 13.1 Å². The molecular formula is C13H15BrF2N2OS. The van der Waals surface area contributed by atoms with Crippen LogP contribution in [0.15, 0.2) is 16.6 Å². The molecule has 1 aromatic carbocycles. The second-order valence-corrected chi connectivity index (χ2v) is 6.59. The van der Waals surface area contributed by atoms with Crippen molar-refractivity contribution >= 4 is 33.6 Å². The molecule has 1 heterocycles. The first kappa shape index (κ1) is 15.7. The van der Waals surface area contributed by atoms with Gasteiger partial charge in [-0.25, -0.2) is 8.78 Å². The molecule has 0 aliphatic carbocycles. The summed E-state index contributed by atoms with van der Waals surface area (Å²) in [4.78, 5) is 14.0. The lowest BCUT2D eigenvalue weighted by Gasteiger charge is -2.26. The van der Waals surface area contributed by atoms with Crippen LogP contribution in [-0.4, -0.2) is 48.5 Å². The predicted molar refractivity (Wildman–Crippen MR) is 80.2 cm³/mol. The first-order valence-electron chi connectivity index (χ1n) is 6.31. The monoisotopic (exact) mass is 364 g/mol. The molecule has 1 amide bonds. The highest BCUT2D eigenvalue weighted by Gasteiger charge is 2.18. The minimum absolute atomic E-state index is 0.273. The van der Waals surface area contributed by atoms with Crippen LogP contribution in [-0.2, 0) is 0 Å². The van der Waals surface area contributed by atoms with Crippen LogP contribution in [0, 0.1) is 11.6 Å². The van der Waals surface area contributed by atoms with Crippen molar-refractivity contribution in [3.05, 3.63) is 33.8 Å². The van der Waals surface area contributed by atoms with E-state index in [9.17, 15) is 13.6 Å². The number of hydrogen-bond donors (Lipinski definition) is 1. The molecule has 0 aromatic heterocycles. The summed E-state index contributed by atoms with van der Waals surface area (Å²) >= 11 is 4.89. The number of amides is 1. The Morgan fingerprint density at radius 2 is 1.90 bits per heavy atom. The largest absolute Gasteiger partial charge is 0.351 e. The summed E-state index contributed by atoms with van der Waals surface area (Å²) in [5, 5.41) is 2.56. The van der Waals surface area contributed by atoms with Crippen molar-refractivity contribution in [3.63, 3.8) is 0 Å². The molecule has 1 aliphatic heterocycles. The maximum absolute atomic E-state index is 13.6. The maximum Gasteiger partial charge on any atom is 0.257 e. The molecule has 0 spiro atoms. The second-order valence-electron chi connectivity index (χ2n) is 4.45.